The van der Waals surface area contributed by atoms with Crippen molar-refractivity contribution in [1.82, 2.24) is 29.7 Å². The monoisotopic (exact) mass is 875 g/mol. The molecule has 9 rings (SSSR count). The van der Waals surface area contributed by atoms with Crippen molar-refractivity contribution in [2.75, 3.05) is 33.9 Å². The smallest absolute Gasteiger partial charge is 0.122 e. The molecule has 3 aromatic carbocycles. The number of aromatic hydroxyl groups is 1. The van der Waals surface area contributed by atoms with Gasteiger partial charge in [0, 0.05) is 68.7 Å². The van der Waals surface area contributed by atoms with E-state index in [1.54, 1.807) is 20.3 Å². The highest BCUT2D eigenvalue weighted by molar-refractivity contribution is 5.44. The number of aromatic nitrogens is 3. The molecule has 0 saturated heterocycles. The van der Waals surface area contributed by atoms with Crippen LogP contribution in [0.4, 0.5) is 0 Å². The van der Waals surface area contributed by atoms with Gasteiger partial charge in [0.2, 0.25) is 0 Å². The number of ether oxygens (including phenoxy) is 2. The number of fused-ring (bicyclic) bond motifs is 3. The average molecular weight is 875 g/mol. The Morgan fingerprint density at radius 2 is 0.969 bits per heavy atom. The first-order valence-corrected chi connectivity index (χ1v) is 23.9. The number of hydrogen-bond acceptors (Lipinski definition) is 9. The molecule has 65 heavy (non-hydrogen) atoms. The standard InChI is InChI=1S/2C19H24N2O.C18H22N2O/c1-3-21(14-15-6-5-11-20-13-15)17-10-9-16-7-4-8-19(22-2)18(16)12-17;1-3-21(14-16-8-4-5-12-20-16)17-11-10-15-7-6-9-19(22-2)18(15)13-17;1-2-20(13-14-5-4-10-19-12-14)16-9-8-15-6-3-7-18(21)17(15)11-16/h4-8,11,13,17H,3,9-10,12,14H2,1-2H3;4-9,12,17H,3,10-11,13-14H2,1-2H3;3-7,10,12,16,21H,2,8-9,11,13H2,1H3. The van der Waals surface area contributed by atoms with Crippen LogP contribution >= 0.6 is 0 Å². The number of phenols is 1. The fourth-order valence-electron chi connectivity index (χ4n) is 10.2. The third-order valence-corrected chi connectivity index (χ3v) is 13.8. The molecular weight excluding hydrogens is 805 g/mol. The molecule has 1 N–H and O–H groups in total. The maximum absolute atomic E-state index is 10.1. The fraction of sp³-hybridized carbons (Fsp3) is 0.411. The van der Waals surface area contributed by atoms with Crippen LogP contribution in [-0.2, 0) is 58.2 Å². The molecular formula is C56H70N6O3. The van der Waals surface area contributed by atoms with Crippen molar-refractivity contribution < 1.29 is 14.6 Å². The summed E-state index contributed by atoms with van der Waals surface area (Å²) in [5.74, 6) is 2.53. The third-order valence-electron chi connectivity index (χ3n) is 13.8. The van der Waals surface area contributed by atoms with E-state index in [9.17, 15) is 5.11 Å². The number of rotatable bonds is 14. The van der Waals surface area contributed by atoms with E-state index >= 15 is 0 Å². The number of benzene rings is 3. The Kier molecular flexibility index (Phi) is 17.5. The van der Waals surface area contributed by atoms with E-state index in [-0.39, 0.29) is 0 Å². The van der Waals surface area contributed by atoms with Gasteiger partial charge >= 0.3 is 0 Å². The zero-order chi connectivity index (χ0) is 45.4. The molecule has 6 aromatic rings. The van der Waals surface area contributed by atoms with E-state index in [4.69, 9.17) is 9.47 Å². The molecule has 0 saturated carbocycles. The van der Waals surface area contributed by atoms with Crippen LogP contribution in [0.5, 0.6) is 17.2 Å². The zero-order valence-electron chi connectivity index (χ0n) is 39.4. The minimum atomic E-state index is 0.453. The number of pyridine rings is 3. The van der Waals surface area contributed by atoms with Gasteiger partial charge in [0.05, 0.1) is 19.9 Å². The van der Waals surface area contributed by atoms with Crippen LogP contribution in [0, 0.1) is 0 Å². The Bertz CT molecular complexity index is 2210. The van der Waals surface area contributed by atoms with E-state index in [0.717, 1.165) is 107 Å². The first-order valence-electron chi connectivity index (χ1n) is 23.9. The Balaban J connectivity index is 0.000000145. The lowest BCUT2D eigenvalue weighted by Crippen LogP contribution is -2.39. The maximum atomic E-state index is 10.1. The van der Waals surface area contributed by atoms with Crippen molar-refractivity contribution in [3.8, 4) is 17.2 Å². The van der Waals surface area contributed by atoms with Crippen LogP contribution < -0.4 is 9.47 Å². The molecule has 3 atom stereocenters. The predicted octanol–water partition coefficient (Wildman–Crippen LogP) is 10.1. The van der Waals surface area contributed by atoms with Crippen molar-refractivity contribution >= 4 is 0 Å². The highest BCUT2D eigenvalue weighted by Gasteiger charge is 2.28. The van der Waals surface area contributed by atoms with E-state index in [2.05, 4.69) is 117 Å². The Morgan fingerprint density at radius 1 is 0.508 bits per heavy atom. The van der Waals surface area contributed by atoms with Crippen molar-refractivity contribution in [2.45, 2.75) is 116 Å². The number of phenolic OH excluding ortho intramolecular Hbond substituents is 1. The van der Waals surface area contributed by atoms with E-state index in [0.29, 0.717) is 23.9 Å². The molecule has 3 aliphatic carbocycles. The van der Waals surface area contributed by atoms with Crippen LogP contribution in [0.1, 0.15) is 90.2 Å². The molecule has 0 fully saturated rings. The highest BCUT2D eigenvalue weighted by atomic mass is 16.5. The summed E-state index contributed by atoms with van der Waals surface area (Å²) < 4.78 is 11.1. The second-order valence-electron chi connectivity index (χ2n) is 17.5. The van der Waals surface area contributed by atoms with Crippen molar-refractivity contribution in [3.63, 3.8) is 0 Å². The van der Waals surface area contributed by atoms with Crippen molar-refractivity contribution in [2.24, 2.45) is 0 Å². The van der Waals surface area contributed by atoms with Gasteiger partial charge in [-0.05, 0) is 164 Å². The SMILES string of the molecule is CCN(Cc1ccccn1)C1CCc2cccc(OC)c2C1.CCN(Cc1cccnc1)C1CCc2cccc(O)c2C1.CCN(Cc1cccnc1)C1CCc2cccc(OC)c2C1. The highest BCUT2D eigenvalue weighted by Crippen LogP contribution is 2.34. The predicted molar refractivity (Wildman–Crippen MR) is 262 cm³/mol. The van der Waals surface area contributed by atoms with Crippen molar-refractivity contribution in [3.05, 3.63) is 178 Å². The van der Waals surface area contributed by atoms with Crippen molar-refractivity contribution in [1.29, 1.82) is 0 Å². The van der Waals surface area contributed by atoms with Gasteiger partial charge < -0.3 is 14.6 Å². The Morgan fingerprint density at radius 3 is 1.40 bits per heavy atom. The fourth-order valence-corrected chi connectivity index (χ4v) is 10.2. The molecule has 0 amide bonds. The molecule has 0 radical (unpaired) electrons. The normalized spacial score (nSPS) is 17.4. The lowest BCUT2D eigenvalue weighted by molar-refractivity contribution is 0.177. The molecule has 3 heterocycles. The number of nitrogens with zero attached hydrogens (tertiary/aromatic N) is 6. The van der Waals surface area contributed by atoms with Gasteiger partial charge in [-0.2, -0.15) is 0 Å². The molecule has 0 bridgehead atoms. The first kappa shape index (κ1) is 47.4. The molecule has 3 unspecified atom stereocenters. The molecule has 0 spiro atoms. The van der Waals surface area contributed by atoms with Gasteiger partial charge in [-0.15, -0.1) is 0 Å². The van der Waals surface area contributed by atoms with Gasteiger partial charge in [0.25, 0.3) is 0 Å². The summed E-state index contributed by atoms with van der Waals surface area (Å²) in [4.78, 5) is 20.5. The van der Waals surface area contributed by atoms with Crippen LogP contribution in [0.15, 0.2) is 128 Å². The number of methoxy groups -OCH3 is 2. The zero-order valence-corrected chi connectivity index (χ0v) is 39.4. The van der Waals surface area contributed by atoms with E-state index in [1.807, 2.05) is 55.2 Å². The quantitative estimate of drug-likeness (QED) is 0.115. The second kappa shape index (κ2) is 24.1. The van der Waals surface area contributed by atoms with Gasteiger partial charge in [-0.3, -0.25) is 29.7 Å². The Labute approximate surface area is 388 Å². The maximum Gasteiger partial charge on any atom is 0.122 e. The summed E-state index contributed by atoms with van der Waals surface area (Å²) in [6.07, 6.45) is 19.4. The average Bonchev–Trinajstić information content (AvgIpc) is 3.37. The summed E-state index contributed by atoms with van der Waals surface area (Å²) in [6, 6.07) is 34.8. The van der Waals surface area contributed by atoms with Gasteiger partial charge in [-0.1, -0.05) is 75.4 Å². The summed E-state index contributed by atoms with van der Waals surface area (Å²) >= 11 is 0. The van der Waals surface area contributed by atoms with Crippen LogP contribution in [0.25, 0.3) is 0 Å². The molecule has 342 valence electrons. The summed E-state index contributed by atoms with van der Waals surface area (Å²) in [6.45, 7) is 12.6. The second-order valence-corrected chi connectivity index (χ2v) is 17.5. The van der Waals surface area contributed by atoms with Gasteiger partial charge in [-0.25, -0.2) is 0 Å². The minimum Gasteiger partial charge on any atom is -0.508 e. The van der Waals surface area contributed by atoms with E-state index < -0.39 is 0 Å². The van der Waals surface area contributed by atoms with Crippen LogP contribution in [0.2, 0.25) is 0 Å². The van der Waals surface area contributed by atoms with Gasteiger partial charge in [0.15, 0.2) is 0 Å². The lowest BCUT2D eigenvalue weighted by atomic mass is 9.86. The Hall–Kier alpha value is -5.61. The minimum absolute atomic E-state index is 0.453. The molecule has 3 aromatic heterocycles. The number of hydrogen-bond donors (Lipinski definition) is 1. The largest absolute Gasteiger partial charge is 0.508 e. The molecule has 0 aliphatic heterocycles. The summed E-state index contributed by atoms with van der Waals surface area (Å²) in [5, 5.41) is 10.1. The molecule has 9 nitrogen and oxygen atoms in total. The lowest BCUT2D eigenvalue weighted by Gasteiger charge is -2.35. The van der Waals surface area contributed by atoms with Gasteiger partial charge in [0.1, 0.15) is 17.2 Å². The topological polar surface area (TPSA) is 87.1 Å². The molecule has 9 heteroatoms. The first-order chi connectivity index (χ1) is 31.9. The summed E-state index contributed by atoms with van der Waals surface area (Å²) in [5.41, 5.74) is 11.8. The number of aryl methyl sites for hydroxylation is 3. The van der Waals surface area contributed by atoms with Crippen LogP contribution in [0.3, 0.4) is 0 Å². The molecule has 3 aliphatic rings. The summed E-state index contributed by atoms with van der Waals surface area (Å²) in [7, 11) is 3.54. The number of likely N-dealkylation sites (N-methyl/N-ethyl adjacent to an activating group) is 3. The van der Waals surface area contributed by atoms with Crippen LogP contribution in [-0.4, -0.2) is 86.7 Å². The van der Waals surface area contributed by atoms with E-state index in [1.165, 1.54) is 51.8 Å². The third kappa shape index (κ3) is 12.6.